The summed E-state index contributed by atoms with van der Waals surface area (Å²) in [5.74, 6) is 2.95. The molecule has 1 unspecified atom stereocenters. The largest absolute Gasteiger partial charge is 0.478 e. The fraction of sp³-hybridized carbons (Fsp3) is 0.200. The van der Waals surface area contributed by atoms with Crippen LogP contribution in [0.3, 0.4) is 0 Å². The van der Waals surface area contributed by atoms with Crippen LogP contribution in [0.25, 0.3) is 0 Å². The minimum atomic E-state index is -1.13. The van der Waals surface area contributed by atoms with Crippen molar-refractivity contribution < 1.29 is 19.5 Å². The van der Waals surface area contributed by atoms with Gasteiger partial charge in [0.05, 0.1) is 18.0 Å². The molecular formula is C15H15N3O6. The van der Waals surface area contributed by atoms with Crippen LogP contribution in [0.1, 0.15) is 28.4 Å². The second kappa shape index (κ2) is 7.38. The molecule has 0 amide bonds. The first kappa shape index (κ1) is 17.2. The highest BCUT2D eigenvalue weighted by molar-refractivity contribution is 5.89. The summed E-state index contributed by atoms with van der Waals surface area (Å²) in [5, 5.41) is 9.24. The van der Waals surface area contributed by atoms with Gasteiger partial charge in [-0.25, -0.2) is 9.59 Å². The van der Waals surface area contributed by atoms with Crippen molar-refractivity contribution in [1.82, 2.24) is 9.55 Å². The van der Waals surface area contributed by atoms with Gasteiger partial charge in [-0.3, -0.25) is 19.1 Å². The van der Waals surface area contributed by atoms with Crippen molar-refractivity contribution in [3.05, 3.63) is 68.5 Å². The monoisotopic (exact) mass is 333 g/mol. The van der Waals surface area contributed by atoms with E-state index < -0.39 is 29.2 Å². The summed E-state index contributed by atoms with van der Waals surface area (Å²) in [5.41, 5.74) is -0.813. The Morgan fingerprint density at radius 1 is 1.25 bits per heavy atom. The number of aromatic amines is 1. The molecule has 9 heteroatoms. The Kier molecular flexibility index (Phi) is 5.27. The van der Waals surface area contributed by atoms with Crippen molar-refractivity contribution in [2.24, 2.45) is 5.90 Å². The van der Waals surface area contributed by atoms with Crippen LogP contribution in [-0.2, 0) is 16.1 Å². The molecule has 0 spiro atoms. The number of carboxylic acids is 1. The summed E-state index contributed by atoms with van der Waals surface area (Å²) < 4.78 is 1.14. The minimum absolute atomic E-state index is 0.0566. The lowest BCUT2D eigenvalue weighted by Crippen LogP contribution is -2.34. The fourth-order valence-corrected chi connectivity index (χ4v) is 2.39. The molecule has 24 heavy (non-hydrogen) atoms. The van der Waals surface area contributed by atoms with E-state index in [0.717, 1.165) is 10.6 Å². The van der Waals surface area contributed by atoms with E-state index in [1.165, 1.54) is 12.3 Å². The van der Waals surface area contributed by atoms with Gasteiger partial charge in [0.1, 0.15) is 0 Å². The highest BCUT2D eigenvalue weighted by atomic mass is 16.7. The summed E-state index contributed by atoms with van der Waals surface area (Å²) in [6.45, 7) is 0. The van der Waals surface area contributed by atoms with Crippen molar-refractivity contribution >= 4 is 11.9 Å². The molecule has 0 saturated heterocycles. The van der Waals surface area contributed by atoms with Crippen LogP contribution in [0.15, 0.2) is 46.1 Å². The number of nitrogens with one attached hydrogen (secondary N) is 1. The van der Waals surface area contributed by atoms with E-state index >= 15 is 0 Å². The Morgan fingerprint density at radius 3 is 2.58 bits per heavy atom. The lowest BCUT2D eigenvalue weighted by atomic mass is 9.98. The molecule has 0 aliphatic rings. The maximum atomic E-state index is 12.0. The molecule has 0 saturated carbocycles. The van der Waals surface area contributed by atoms with E-state index in [1.54, 1.807) is 18.2 Å². The number of nitrogens with two attached hydrogens (primary N) is 1. The SMILES string of the molecule is NOC(=O)CC(Cc1ccccc1C(=O)O)n1ccc(=O)[nH]c1=O. The Morgan fingerprint density at radius 2 is 1.96 bits per heavy atom. The molecule has 0 bridgehead atoms. The van der Waals surface area contributed by atoms with E-state index in [9.17, 15) is 24.3 Å². The van der Waals surface area contributed by atoms with Crippen LogP contribution >= 0.6 is 0 Å². The summed E-state index contributed by atoms with van der Waals surface area (Å²) >= 11 is 0. The van der Waals surface area contributed by atoms with Crippen molar-refractivity contribution in [2.45, 2.75) is 18.9 Å². The van der Waals surface area contributed by atoms with Gasteiger partial charge in [0, 0.05) is 12.3 Å². The molecule has 2 rings (SSSR count). The molecule has 4 N–H and O–H groups in total. The van der Waals surface area contributed by atoms with Crippen molar-refractivity contribution in [3.63, 3.8) is 0 Å². The molecule has 1 atom stereocenters. The van der Waals surface area contributed by atoms with E-state index in [1.807, 2.05) is 0 Å². The normalized spacial score (nSPS) is 11.7. The van der Waals surface area contributed by atoms with E-state index in [2.05, 4.69) is 9.82 Å². The van der Waals surface area contributed by atoms with Crippen molar-refractivity contribution in [3.8, 4) is 0 Å². The Bertz CT molecular complexity index is 870. The number of nitrogens with zero attached hydrogens (tertiary/aromatic N) is 1. The third-order valence-electron chi connectivity index (χ3n) is 3.48. The molecular weight excluding hydrogens is 318 g/mol. The first-order valence-electron chi connectivity index (χ1n) is 6.94. The smallest absolute Gasteiger partial charge is 0.335 e. The number of aromatic nitrogens is 2. The van der Waals surface area contributed by atoms with Gasteiger partial charge in [0.15, 0.2) is 0 Å². The zero-order valence-electron chi connectivity index (χ0n) is 12.5. The molecule has 1 aromatic heterocycles. The van der Waals surface area contributed by atoms with Gasteiger partial charge >= 0.3 is 17.6 Å². The summed E-state index contributed by atoms with van der Waals surface area (Å²) in [7, 11) is 0. The van der Waals surface area contributed by atoms with E-state index in [4.69, 9.17) is 5.90 Å². The number of aromatic carboxylic acids is 1. The standard InChI is InChI=1S/C15H15N3O6/c16-24-13(20)8-10(18-6-5-12(19)17-15(18)23)7-9-3-1-2-4-11(9)14(21)22/h1-6,10H,7-8,16H2,(H,21,22)(H,17,19,23). The topological polar surface area (TPSA) is 144 Å². The number of hydrogen-bond donors (Lipinski definition) is 3. The number of carboxylic acid groups (broad SMARTS) is 1. The maximum absolute atomic E-state index is 12.0. The van der Waals surface area contributed by atoms with Crippen molar-refractivity contribution in [2.75, 3.05) is 0 Å². The maximum Gasteiger partial charge on any atom is 0.335 e. The van der Waals surface area contributed by atoms with Crippen LogP contribution < -0.4 is 17.1 Å². The molecule has 2 aromatic rings. The average Bonchev–Trinajstić information content (AvgIpc) is 2.54. The summed E-state index contributed by atoms with van der Waals surface area (Å²) in [4.78, 5) is 52.2. The highest BCUT2D eigenvalue weighted by Gasteiger charge is 2.21. The van der Waals surface area contributed by atoms with E-state index in [-0.39, 0.29) is 18.4 Å². The quantitative estimate of drug-likeness (QED) is 0.622. The van der Waals surface area contributed by atoms with Crippen LogP contribution in [0.4, 0.5) is 0 Å². The van der Waals surface area contributed by atoms with Gasteiger partial charge < -0.3 is 9.94 Å². The Hall–Kier alpha value is -3.20. The lowest BCUT2D eigenvalue weighted by Gasteiger charge is -2.19. The minimum Gasteiger partial charge on any atom is -0.478 e. The average molecular weight is 333 g/mol. The number of rotatable bonds is 6. The lowest BCUT2D eigenvalue weighted by molar-refractivity contribution is -0.145. The van der Waals surface area contributed by atoms with E-state index in [0.29, 0.717) is 5.56 Å². The zero-order chi connectivity index (χ0) is 17.7. The Labute approximate surface area is 135 Å². The third kappa shape index (κ3) is 3.96. The first-order chi connectivity index (χ1) is 11.4. The number of benzene rings is 1. The van der Waals surface area contributed by atoms with Gasteiger partial charge in [0.2, 0.25) is 0 Å². The summed E-state index contributed by atoms with van der Waals surface area (Å²) in [6, 6.07) is 6.58. The number of hydrogen-bond acceptors (Lipinski definition) is 6. The van der Waals surface area contributed by atoms with Gasteiger partial charge in [-0.15, -0.1) is 0 Å². The fourth-order valence-electron chi connectivity index (χ4n) is 2.39. The van der Waals surface area contributed by atoms with Gasteiger partial charge in [0.25, 0.3) is 5.56 Å². The molecule has 126 valence electrons. The molecule has 0 radical (unpaired) electrons. The second-order valence-corrected chi connectivity index (χ2v) is 5.03. The molecule has 0 aliphatic carbocycles. The zero-order valence-corrected chi connectivity index (χ0v) is 12.5. The van der Waals surface area contributed by atoms with Crippen molar-refractivity contribution in [1.29, 1.82) is 0 Å². The molecule has 0 fully saturated rings. The Balaban J connectivity index is 2.44. The van der Waals surface area contributed by atoms with Gasteiger partial charge in [-0.2, -0.15) is 5.90 Å². The van der Waals surface area contributed by atoms with Crippen LogP contribution in [-0.4, -0.2) is 26.6 Å². The number of carbonyl (C=O) groups excluding carboxylic acids is 1. The second-order valence-electron chi connectivity index (χ2n) is 5.03. The van der Waals surface area contributed by atoms with Gasteiger partial charge in [-0.1, -0.05) is 18.2 Å². The molecule has 0 aliphatic heterocycles. The van der Waals surface area contributed by atoms with Gasteiger partial charge in [-0.05, 0) is 18.1 Å². The van der Waals surface area contributed by atoms with Crippen LogP contribution in [0, 0.1) is 0 Å². The predicted molar refractivity (Wildman–Crippen MR) is 82.4 cm³/mol. The number of H-pyrrole nitrogens is 1. The molecule has 9 nitrogen and oxygen atoms in total. The predicted octanol–water partition coefficient (Wildman–Crippen LogP) is -0.174. The first-order valence-corrected chi connectivity index (χ1v) is 6.94. The third-order valence-corrected chi connectivity index (χ3v) is 3.48. The molecule has 1 aromatic carbocycles. The highest BCUT2D eigenvalue weighted by Crippen LogP contribution is 2.20. The summed E-state index contributed by atoms with van der Waals surface area (Å²) in [6.07, 6.45) is 1.03. The van der Waals surface area contributed by atoms with Crippen LogP contribution in [0.5, 0.6) is 0 Å². The molecule has 1 heterocycles. The number of carbonyl (C=O) groups is 2. The van der Waals surface area contributed by atoms with Crippen LogP contribution in [0.2, 0.25) is 0 Å².